The number of H-pyrrole nitrogens is 1. The quantitative estimate of drug-likeness (QED) is 0.384. The number of benzene rings is 2. The topological polar surface area (TPSA) is 79.8 Å². The number of nitrogens with one attached hydrogen (secondary N) is 1. The molecular formula is C24H30BrN3O4. The van der Waals surface area contributed by atoms with E-state index in [4.69, 9.17) is 14.2 Å². The van der Waals surface area contributed by atoms with Gasteiger partial charge in [0.1, 0.15) is 28.9 Å². The van der Waals surface area contributed by atoms with Crippen molar-refractivity contribution in [1.29, 1.82) is 0 Å². The number of likely N-dealkylation sites (N-methyl/N-ethyl adjacent to an activating group) is 1. The number of aromatic nitrogens is 2. The van der Waals surface area contributed by atoms with E-state index in [9.17, 15) is 5.11 Å². The Morgan fingerprint density at radius 1 is 1.06 bits per heavy atom. The zero-order valence-corrected chi connectivity index (χ0v) is 20.3. The normalized spacial score (nSPS) is 11.8. The van der Waals surface area contributed by atoms with E-state index in [0.29, 0.717) is 18.0 Å². The Labute approximate surface area is 197 Å². The molecule has 8 heteroatoms. The number of imidazole rings is 1. The van der Waals surface area contributed by atoms with Gasteiger partial charge in [0, 0.05) is 31.3 Å². The highest BCUT2D eigenvalue weighted by atomic mass is 79.9. The van der Waals surface area contributed by atoms with E-state index in [1.54, 1.807) is 20.4 Å². The van der Waals surface area contributed by atoms with Gasteiger partial charge in [-0.25, -0.2) is 4.98 Å². The number of methoxy groups -OCH3 is 2. The van der Waals surface area contributed by atoms with Crippen molar-refractivity contribution in [3.63, 3.8) is 0 Å². The maximum atomic E-state index is 10.5. The molecular weight excluding hydrogens is 474 g/mol. The number of hydrogen-bond acceptors (Lipinski definition) is 6. The molecule has 1 atom stereocenters. The van der Waals surface area contributed by atoms with Crippen LogP contribution >= 0.6 is 15.9 Å². The standard InChI is InChI=1S/C24H30BrN3O4/c1-4-28(18-8-11-21(30-2)22(13-18)31-3)15-19(29)16-32-20-9-5-17(6-10-20)7-12-24-26-14-23(25)27-24/h5-6,8-11,13-14,19,29H,4,7,12,15-16H2,1-3H3,(H,26,27). The van der Waals surface area contributed by atoms with Gasteiger partial charge in [0.25, 0.3) is 0 Å². The van der Waals surface area contributed by atoms with Crippen LogP contribution in [0.4, 0.5) is 5.69 Å². The van der Waals surface area contributed by atoms with Crippen LogP contribution in [0.5, 0.6) is 17.2 Å². The molecule has 2 N–H and O–H groups in total. The lowest BCUT2D eigenvalue weighted by atomic mass is 10.1. The summed E-state index contributed by atoms with van der Waals surface area (Å²) in [5, 5.41) is 10.5. The van der Waals surface area contributed by atoms with E-state index in [0.717, 1.165) is 41.3 Å². The maximum absolute atomic E-state index is 10.5. The Morgan fingerprint density at radius 2 is 1.81 bits per heavy atom. The molecule has 32 heavy (non-hydrogen) atoms. The van der Waals surface area contributed by atoms with Crippen LogP contribution in [0.1, 0.15) is 18.3 Å². The first-order chi connectivity index (χ1) is 15.5. The fourth-order valence-corrected chi connectivity index (χ4v) is 3.75. The highest BCUT2D eigenvalue weighted by molar-refractivity contribution is 9.10. The van der Waals surface area contributed by atoms with Crippen molar-refractivity contribution >= 4 is 21.6 Å². The molecule has 0 aliphatic carbocycles. The van der Waals surface area contributed by atoms with Gasteiger partial charge in [-0.05, 0) is 59.1 Å². The zero-order chi connectivity index (χ0) is 22.9. The van der Waals surface area contributed by atoms with Gasteiger partial charge < -0.3 is 29.2 Å². The van der Waals surface area contributed by atoms with Gasteiger partial charge in [0.15, 0.2) is 11.5 Å². The van der Waals surface area contributed by atoms with Crippen LogP contribution in [-0.4, -0.2) is 55.1 Å². The van der Waals surface area contributed by atoms with Crippen LogP contribution in [0.15, 0.2) is 53.3 Å². The molecule has 0 saturated heterocycles. The van der Waals surface area contributed by atoms with Crippen LogP contribution in [0.3, 0.4) is 0 Å². The lowest BCUT2D eigenvalue weighted by Gasteiger charge is -2.26. The second kappa shape index (κ2) is 11.8. The number of ether oxygens (including phenoxy) is 3. The highest BCUT2D eigenvalue weighted by Crippen LogP contribution is 2.31. The number of aromatic amines is 1. The van der Waals surface area contributed by atoms with Crippen molar-refractivity contribution in [2.45, 2.75) is 25.9 Å². The molecule has 0 saturated carbocycles. The Balaban J connectivity index is 1.49. The summed E-state index contributed by atoms with van der Waals surface area (Å²) in [6.07, 6.45) is 2.86. The van der Waals surface area contributed by atoms with E-state index in [2.05, 4.69) is 30.8 Å². The van der Waals surface area contributed by atoms with Gasteiger partial charge in [-0.2, -0.15) is 0 Å². The number of nitrogens with zero attached hydrogens (tertiary/aromatic N) is 2. The molecule has 0 spiro atoms. The van der Waals surface area contributed by atoms with Gasteiger partial charge in [0.05, 0.1) is 20.4 Å². The third-order valence-corrected chi connectivity index (χ3v) is 5.56. The van der Waals surface area contributed by atoms with Gasteiger partial charge >= 0.3 is 0 Å². The number of aliphatic hydroxyl groups excluding tert-OH is 1. The number of rotatable bonds is 12. The first kappa shape index (κ1) is 23.9. The summed E-state index contributed by atoms with van der Waals surface area (Å²) in [6.45, 7) is 3.45. The van der Waals surface area contributed by atoms with Crippen molar-refractivity contribution in [3.8, 4) is 17.2 Å². The number of aliphatic hydroxyl groups is 1. The molecule has 7 nitrogen and oxygen atoms in total. The first-order valence-corrected chi connectivity index (χ1v) is 11.4. The molecule has 3 rings (SSSR count). The minimum absolute atomic E-state index is 0.212. The predicted molar refractivity (Wildman–Crippen MR) is 129 cm³/mol. The minimum Gasteiger partial charge on any atom is -0.493 e. The predicted octanol–water partition coefficient (Wildman–Crippen LogP) is 4.24. The summed E-state index contributed by atoms with van der Waals surface area (Å²) >= 11 is 3.37. The maximum Gasteiger partial charge on any atom is 0.162 e. The van der Waals surface area contributed by atoms with E-state index in [1.165, 1.54) is 5.56 Å². The Kier molecular flexibility index (Phi) is 8.81. The summed E-state index contributed by atoms with van der Waals surface area (Å²) in [6, 6.07) is 13.7. The summed E-state index contributed by atoms with van der Waals surface area (Å²) in [7, 11) is 3.23. The highest BCUT2D eigenvalue weighted by Gasteiger charge is 2.14. The summed E-state index contributed by atoms with van der Waals surface area (Å²) in [5.74, 6) is 3.03. The molecule has 1 heterocycles. The number of aryl methyl sites for hydroxylation is 2. The molecule has 0 bridgehead atoms. The molecule has 172 valence electrons. The van der Waals surface area contributed by atoms with Crippen LogP contribution in [0.2, 0.25) is 0 Å². The monoisotopic (exact) mass is 503 g/mol. The summed E-state index contributed by atoms with van der Waals surface area (Å²) < 4.78 is 17.4. The van der Waals surface area contributed by atoms with Crippen molar-refractivity contribution in [1.82, 2.24) is 9.97 Å². The Hall–Kier alpha value is -2.71. The average molecular weight is 504 g/mol. The van der Waals surface area contributed by atoms with Gasteiger partial charge in [-0.3, -0.25) is 0 Å². The van der Waals surface area contributed by atoms with Crippen molar-refractivity contribution in [2.24, 2.45) is 0 Å². The second-order valence-corrected chi connectivity index (χ2v) is 8.22. The van der Waals surface area contributed by atoms with Crippen LogP contribution in [-0.2, 0) is 12.8 Å². The Morgan fingerprint density at radius 3 is 2.44 bits per heavy atom. The number of anilines is 1. The summed E-state index contributed by atoms with van der Waals surface area (Å²) in [5.41, 5.74) is 2.16. The second-order valence-electron chi connectivity index (χ2n) is 7.36. The van der Waals surface area contributed by atoms with E-state index in [-0.39, 0.29) is 6.61 Å². The number of hydrogen-bond donors (Lipinski definition) is 2. The lowest BCUT2D eigenvalue weighted by molar-refractivity contribution is 0.112. The van der Waals surface area contributed by atoms with Crippen LogP contribution in [0.25, 0.3) is 0 Å². The smallest absolute Gasteiger partial charge is 0.162 e. The van der Waals surface area contributed by atoms with Crippen molar-refractivity contribution in [2.75, 3.05) is 38.8 Å². The largest absolute Gasteiger partial charge is 0.493 e. The molecule has 2 aromatic carbocycles. The molecule has 0 amide bonds. The first-order valence-electron chi connectivity index (χ1n) is 10.6. The average Bonchev–Trinajstić information content (AvgIpc) is 3.25. The lowest BCUT2D eigenvalue weighted by Crippen LogP contribution is -2.35. The fourth-order valence-electron chi connectivity index (χ4n) is 3.42. The minimum atomic E-state index is -0.639. The van der Waals surface area contributed by atoms with Gasteiger partial charge in [-0.1, -0.05) is 12.1 Å². The number of halogens is 1. The third kappa shape index (κ3) is 6.64. The molecule has 0 aliphatic heterocycles. The molecule has 0 fully saturated rings. The third-order valence-electron chi connectivity index (χ3n) is 5.16. The Bertz CT molecular complexity index is 978. The molecule has 3 aromatic rings. The van der Waals surface area contributed by atoms with Gasteiger partial charge in [0.2, 0.25) is 0 Å². The van der Waals surface area contributed by atoms with Gasteiger partial charge in [-0.15, -0.1) is 0 Å². The fraction of sp³-hybridized carbons (Fsp3) is 0.375. The van der Waals surface area contributed by atoms with E-state index < -0.39 is 6.10 Å². The van der Waals surface area contributed by atoms with Crippen molar-refractivity contribution in [3.05, 3.63) is 64.7 Å². The SMILES string of the molecule is CCN(CC(O)COc1ccc(CCc2ncc(Br)[nH]2)cc1)c1ccc(OC)c(OC)c1. The van der Waals surface area contributed by atoms with E-state index >= 15 is 0 Å². The molecule has 0 radical (unpaired) electrons. The summed E-state index contributed by atoms with van der Waals surface area (Å²) in [4.78, 5) is 9.54. The van der Waals surface area contributed by atoms with Crippen molar-refractivity contribution < 1.29 is 19.3 Å². The van der Waals surface area contributed by atoms with Crippen LogP contribution < -0.4 is 19.1 Å². The zero-order valence-electron chi connectivity index (χ0n) is 18.7. The molecule has 1 aromatic heterocycles. The molecule has 1 unspecified atom stereocenters. The van der Waals surface area contributed by atoms with E-state index in [1.807, 2.05) is 49.4 Å². The van der Waals surface area contributed by atoms with Crippen LogP contribution in [0, 0.1) is 0 Å². The molecule has 0 aliphatic rings.